The lowest BCUT2D eigenvalue weighted by Crippen LogP contribution is -2.50. The van der Waals surface area contributed by atoms with Gasteiger partial charge in [-0.1, -0.05) is 17.7 Å². The molecule has 2 heterocycles. The molecule has 0 bridgehead atoms. The second kappa shape index (κ2) is 7.52. The molecule has 1 atom stereocenters. The van der Waals surface area contributed by atoms with Crippen LogP contribution in [0.4, 0.5) is 0 Å². The average Bonchev–Trinajstić information content (AvgIpc) is 2.93. The third-order valence-electron chi connectivity index (χ3n) is 5.33. The second-order valence-electron chi connectivity index (χ2n) is 7.53. The lowest BCUT2D eigenvalue weighted by atomic mass is 10.0. The third-order valence-corrected chi connectivity index (χ3v) is 9.23. The summed E-state index contributed by atoms with van der Waals surface area (Å²) in [5.41, 5.74) is 1.73. The topological polar surface area (TPSA) is 91.8 Å². The van der Waals surface area contributed by atoms with Crippen molar-refractivity contribution in [2.24, 2.45) is 5.92 Å². The summed E-state index contributed by atoms with van der Waals surface area (Å²) in [6.07, 6.45) is 0.762. The molecule has 1 amide bonds. The number of sulfonamides is 1. The van der Waals surface area contributed by atoms with E-state index < -0.39 is 19.9 Å². The largest absolute Gasteiger partial charge is 0.340 e. The van der Waals surface area contributed by atoms with Gasteiger partial charge in [0.25, 0.3) is 0 Å². The molecule has 1 aromatic carbocycles. The number of hydrogen-bond acceptors (Lipinski definition) is 5. The Labute approximate surface area is 161 Å². The van der Waals surface area contributed by atoms with Crippen molar-refractivity contribution >= 4 is 25.8 Å². The van der Waals surface area contributed by atoms with Crippen molar-refractivity contribution in [3.05, 3.63) is 29.3 Å². The molecule has 3 rings (SSSR count). The van der Waals surface area contributed by atoms with E-state index >= 15 is 0 Å². The van der Waals surface area contributed by atoms with Crippen molar-refractivity contribution in [3.63, 3.8) is 0 Å². The van der Waals surface area contributed by atoms with Gasteiger partial charge in [-0.25, -0.2) is 16.8 Å². The maximum absolute atomic E-state index is 12.9. The van der Waals surface area contributed by atoms with E-state index in [-0.39, 0.29) is 42.8 Å². The Balaban J connectivity index is 1.60. The Morgan fingerprint density at radius 2 is 1.81 bits per heavy atom. The molecule has 0 unspecified atom stereocenters. The van der Waals surface area contributed by atoms with E-state index in [9.17, 15) is 21.6 Å². The Kier molecular flexibility index (Phi) is 5.65. The van der Waals surface area contributed by atoms with Gasteiger partial charge >= 0.3 is 0 Å². The van der Waals surface area contributed by atoms with E-state index in [0.29, 0.717) is 24.4 Å². The van der Waals surface area contributed by atoms with E-state index in [0.717, 1.165) is 11.1 Å². The van der Waals surface area contributed by atoms with Crippen LogP contribution in [0.1, 0.15) is 24.0 Å². The van der Waals surface area contributed by atoms with Crippen LogP contribution in [0, 0.1) is 19.8 Å². The van der Waals surface area contributed by atoms with Crippen LogP contribution in [0.25, 0.3) is 0 Å². The summed E-state index contributed by atoms with van der Waals surface area (Å²) in [7, 11) is -6.58. The third kappa shape index (κ3) is 4.52. The molecule has 0 aromatic heterocycles. The number of aryl methyl sites for hydroxylation is 2. The van der Waals surface area contributed by atoms with Gasteiger partial charge in [0, 0.05) is 32.6 Å². The van der Waals surface area contributed by atoms with Crippen LogP contribution in [-0.4, -0.2) is 69.6 Å². The van der Waals surface area contributed by atoms with Crippen LogP contribution < -0.4 is 0 Å². The Hall–Kier alpha value is -1.45. The van der Waals surface area contributed by atoms with Crippen molar-refractivity contribution in [2.45, 2.75) is 31.6 Å². The van der Waals surface area contributed by atoms with Crippen molar-refractivity contribution in [2.75, 3.05) is 37.7 Å². The number of hydrogen-bond donors (Lipinski definition) is 0. The van der Waals surface area contributed by atoms with E-state index in [1.165, 1.54) is 4.31 Å². The lowest BCUT2D eigenvalue weighted by molar-refractivity contribution is -0.133. The summed E-state index contributed by atoms with van der Waals surface area (Å²) in [5, 5.41) is 0. The highest BCUT2D eigenvalue weighted by Crippen LogP contribution is 2.24. The zero-order valence-electron chi connectivity index (χ0n) is 15.7. The predicted molar refractivity (Wildman–Crippen MR) is 103 cm³/mol. The first-order valence-electron chi connectivity index (χ1n) is 9.14. The highest BCUT2D eigenvalue weighted by molar-refractivity contribution is 7.91. The predicted octanol–water partition coefficient (Wildman–Crippen LogP) is 0.961. The first-order valence-corrected chi connectivity index (χ1v) is 12.4. The van der Waals surface area contributed by atoms with Crippen LogP contribution in [0.15, 0.2) is 23.1 Å². The average molecular weight is 415 g/mol. The zero-order valence-corrected chi connectivity index (χ0v) is 17.4. The minimum atomic E-state index is -3.58. The fourth-order valence-electron chi connectivity index (χ4n) is 3.81. The van der Waals surface area contributed by atoms with Crippen molar-refractivity contribution in [3.8, 4) is 0 Å². The number of nitrogens with zero attached hydrogens (tertiary/aromatic N) is 2. The minimum absolute atomic E-state index is 0.0827. The number of amides is 1. The standard InChI is InChI=1S/C18H26N2O5S2/c1-14-3-4-17(15(2)11-14)27(24,25)20-8-6-19(7-9-20)18(21)12-16-5-10-26(22,23)13-16/h3-4,11,16H,5-10,12-13H2,1-2H3/t16-/m0/s1. The van der Waals surface area contributed by atoms with Crippen LogP contribution in [0.3, 0.4) is 0 Å². The molecule has 0 aliphatic carbocycles. The summed E-state index contributed by atoms with van der Waals surface area (Å²) < 4.78 is 50.3. The number of carbonyl (C=O) groups excluding carboxylic acids is 1. The minimum Gasteiger partial charge on any atom is -0.340 e. The second-order valence-corrected chi connectivity index (χ2v) is 11.7. The highest BCUT2D eigenvalue weighted by atomic mass is 32.2. The molecule has 7 nitrogen and oxygen atoms in total. The van der Waals surface area contributed by atoms with Gasteiger partial charge in [0.2, 0.25) is 15.9 Å². The zero-order chi connectivity index (χ0) is 19.8. The molecule has 2 aliphatic rings. The summed E-state index contributed by atoms with van der Waals surface area (Å²) in [5.74, 6) is 0.0484. The number of rotatable bonds is 4. The first kappa shape index (κ1) is 20.3. The number of carbonyl (C=O) groups is 1. The molecule has 0 N–H and O–H groups in total. The summed E-state index contributed by atoms with van der Waals surface area (Å²) in [6.45, 7) is 4.89. The Bertz CT molecular complexity index is 932. The van der Waals surface area contributed by atoms with Gasteiger partial charge in [-0.15, -0.1) is 0 Å². The summed E-state index contributed by atoms with van der Waals surface area (Å²) in [6, 6.07) is 5.27. The molecule has 150 valence electrons. The van der Waals surface area contributed by atoms with Crippen molar-refractivity contribution in [1.29, 1.82) is 0 Å². The molecule has 0 radical (unpaired) electrons. The molecule has 2 aliphatic heterocycles. The van der Waals surface area contributed by atoms with Crippen LogP contribution in [0.5, 0.6) is 0 Å². The van der Waals surface area contributed by atoms with Crippen LogP contribution in [0.2, 0.25) is 0 Å². The first-order chi connectivity index (χ1) is 12.6. The summed E-state index contributed by atoms with van der Waals surface area (Å²) >= 11 is 0. The highest BCUT2D eigenvalue weighted by Gasteiger charge is 2.34. The SMILES string of the molecule is Cc1ccc(S(=O)(=O)N2CCN(C(=O)C[C@@H]3CCS(=O)(=O)C3)CC2)c(C)c1. The molecular formula is C18H26N2O5S2. The van der Waals surface area contributed by atoms with Crippen LogP contribution >= 0.6 is 0 Å². The Morgan fingerprint density at radius 1 is 1.15 bits per heavy atom. The van der Waals surface area contributed by atoms with E-state index in [1.807, 2.05) is 13.0 Å². The quantitative estimate of drug-likeness (QED) is 0.732. The molecule has 27 heavy (non-hydrogen) atoms. The maximum Gasteiger partial charge on any atom is 0.243 e. The normalized spacial score (nSPS) is 23.5. The molecule has 1 aromatic rings. The van der Waals surface area contributed by atoms with Gasteiger partial charge in [-0.2, -0.15) is 4.31 Å². The molecule has 2 fully saturated rings. The van der Waals surface area contributed by atoms with Crippen molar-refractivity contribution in [1.82, 2.24) is 9.21 Å². The van der Waals surface area contributed by atoms with Gasteiger partial charge in [-0.3, -0.25) is 4.79 Å². The molecular weight excluding hydrogens is 388 g/mol. The number of benzene rings is 1. The molecule has 0 spiro atoms. The van der Waals surface area contributed by atoms with Gasteiger partial charge in [0.15, 0.2) is 9.84 Å². The van der Waals surface area contributed by atoms with Gasteiger partial charge < -0.3 is 4.90 Å². The molecule has 2 saturated heterocycles. The smallest absolute Gasteiger partial charge is 0.243 e. The molecule has 0 saturated carbocycles. The Morgan fingerprint density at radius 3 is 2.37 bits per heavy atom. The lowest BCUT2D eigenvalue weighted by Gasteiger charge is -2.34. The fraction of sp³-hybridized carbons (Fsp3) is 0.611. The fourth-order valence-corrected chi connectivity index (χ4v) is 7.30. The van der Waals surface area contributed by atoms with Gasteiger partial charge in [0.1, 0.15) is 0 Å². The van der Waals surface area contributed by atoms with E-state index in [1.54, 1.807) is 24.0 Å². The van der Waals surface area contributed by atoms with E-state index in [2.05, 4.69) is 0 Å². The monoisotopic (exact) mass is 414 g/mol. The van der Waals surface area contributed by atoms with Gasteiger partial charge in [-0.05, 0) is 37.8 Å². The van der Waals surface area contributed by atoms with Crippen molar-refractivity contribution < 1.29 is 21.6 Å². The number of piperazine rings is 1. The number of sulfone groups is 1. The maximum atomic E-state index is 12.9. The van der Waals surface area contributed by atoms with Gasteiger partial charge in [0.05, 0.1) is 16.4 Å². The van der Waals surface area contributed by atoms with E-state index in [4.69, 9.17) is 0 Å². The van der Waals surface area contributed by atoms with Crippen LogP contribution in [-0.2, 0) is 24.7 Å². The summed E-state index contributed by atoms with van der Waals surface area (Å²) in [4.78, 5) is 14.4. The molecule has 9 heteroatoms.